The first-order valence-corrected chi connectivity index (χ1v) is 6.96. The molecule has 2 aromatic rings. The van der Waals surface area contributed by atoms with Crippen LogP contribution in [0.3, 0.4) is 0 Å². The minimum absolute atomic E-state index is 0.779. The number of halogens is 1. The van der Waals surface area contributed by atoms with Crippen molar-refractivity contribution in [3.05, 3.63) is 46.7 Å². The highest BCUT2D eigenvalue weighted by molar-refractivity contribution is 9.10. The summed E-state index contributed by atoms with van der Waals surface area (Å²) in [5.41, 5.74) is 2.53. The molecular formula is C14H19BrN4. The van der Waals surface area contributed by atoms with E-state index in [0.717, 1.165) is 17.7 Å². The van der Waals surface area contributed by atoms with Gasteiger partial charge >= 0.3 is 0 Å². The van der Waals surface area contributed by atoms with Gasteiger partial charge in [-0.05, 0) is 40.7 Å². The fraction of sp³-hybridized carbons (Fsp3) is 0.357. The van der Waals surface area contributed by atoms with Crippen molar-refractivity contribution in [2.45, 2.75) is 13.2 Å². The first-order chi connectivity index (χ1) is 9.04. The van der Waals surface area contributed by atoms with Crippen molar-refractivity contribution in [1.82, 2.24) is 14.7 Å². The normalized spacial score (nSPS) is 11.0. The number of hydrogen-bond donors (Lipinski definition) is 0. The van der Waals surface area contributed by atoms with Crippen LogP contribution >= 0.6 is 15.9 Å². The molecule has 4 nitrogen and oxygen atoms in total. The molecule has 0 bridgehead atoms. The maximum Gasteiger partial charge on any atom is 0.0929 e. The summed E-state index contributed by atoms with van der Waals surface area (Å²) in [4.78, 5) is 4.33. The van der Waals surface area contributed by atoms with Crippen LogP contribution in [0.25, 0.3) is 0 Å². The summed E-state index contributed by atoms with van der Waals surface area (Å²) in [5, 5.41) is 4.26. The molecule has 0 atom stereocenters. The number of nitrogens with zero attached hydrogens (tertiary/aromatic N) is 4. The van der Waals surface area contributed by atoms with Crippen LogP contribution in [0.5, 0.6) is 0 Å². The van der Waals surface area contributed by atoms with Gasteiger partial charge in [-0.25, -0.2) is 0 Å². The molecule has 0 aliphatic rings. The van der Waals surface area contributed by atoms with Gasteiger partial charge in [0.05, 0.1) is 17.3 Å². The van der Waals surface area contributed by atoms with Crippen molar-refractivity contribution in [3.8, 4) is 0 Å². The molecule has 0 aliphatic heterocycles. The lowest BCUT2D eigenvalue weighted by atomic mass is 10.2. The molecule has 2 rings (SSSR count). The van der Waals surface area contributed by atoms with Gasteiger partial charge in [0.15, 0.2) is 0 Å². The van der Waals surface area contributed by atoms with E-state index in [2.05, 4.69) is 76.2 Å². The van der Waals surface area contributed by atoms with Crippen molar-refractivity contribution < 1.29 is 0 Å². The van der Waals surface area contributed by atoms with E-state index in [1.54, 1.807) is 6.20 Å². The van der Waals surface area contributed by atoms with Gasteiger partial charge in [-0.2, -0.15) is 5.10 Å². The topological polar surface area (TPSA) is 24.3 Å². The third-order valence-electron chi connectivity index (χ3n) is 2.89. The zero-order valence-electron chi connectivity index (χ0n) is 11.5. The average Bonchev–Trinajstić information content (AvgIpc) is 2.75. The summed E-state index contributed by atoms with van der Waals surface area (Å²) in [5.74, 6) is 0. The van der Waals surface area contributed by atoms with E-state index in [4.69, 9.17) is 0 Å². The van der Waals surface area contributed by atoms with Crippen molar-refractivity contribution in [2.75, 3.05) is 26.0 Å². The third-order valence-corrected chi connectivity index (χ3v) is 3.30. The Balaban J connectivity index is 1.93. The van der Waals surface area contributed by atoms with Gasteiger partial charge in [-0.1, -0.05) is 12.1 Å². The van der Waals surface area contributed by atoms with E-state index in [9.17, 15) is 0 Å². The lowest BCUT2D eigenvalue weighted by molar-refractivity contribution is 0.246. The highest BCUT2D eigenvalue weighted by Crippen LogP contribution is 2.14. The van der Waals surface area contributed by atoms with Gasteiger partial charge < -0.3 is 4.90 Å². The Morgan fingerprint density at radius 1 is 1.16 bits per heavy atom. The van der Waals surface area contributed by atoms with Gasteiger partial charge in [0.2, 0.25) is 0 Å². The van der Waals surface area contributed by atoms with Crippen LogP contribution < -0.4 is 4.90 Å². The Labute approximate surface area is 122 Å². The van der Waals surface area contributed by atoms with Gasteiger partial charge in [0.25, 0.3) is 0 Å². The monoisotopic (exact) mass is 322 g/mol. The van der Waals surface area contributed by atoms with Crippen molar-refractivity contribution in [2.24, 2.45) is 0 Å². The summed E-state index contributed by atoms with van der Waals surface area (Å²) in [7, 11) is 6.20. The van der Waals surface area contributed by atoms with E-state index in [1.807, 2.05) is 10.9 Å². The molecule has 102 valence electrons. The molecule has 0 N–H and O–H groups in total. The fourth-order valence-electron chi connectivity index (χ4n) is 1.92. The van der Waals surface area contributed by atoms with Gasteiger partial charge in [0.1, 0.15) is 0 Å². The zero-order chi connectivity index (χ0) is 13.8. The molecule has 1 heterocycles. The summed E-state index contributed by atoms with van der Waals surface area (Å²) < 4.78 is 2.93. The molecule has 19 heavy (non-hydrogen) atoms. The first-order valence-electron chi connectivity index (χ1n) is 6.17. The standard InChI is InChI=1S/C14H19BrN4/c1-17(2)14-6-4-12(5-7-14)9-18(3)11-19-10-13(15)8-16-19/h4-8,10H,9,11H2,1-3H3. The minimum atomic E-state index is 0.779. The Kier molecular flexibility index (Phi) is 4.61. The van der Waals surface area contributed by atoms with Crippen LogP contribution in [-0.2, 0) is 13.2 Å². The summed E-state index contributed by atoms with van der Waals surface area (Å²) in [6.45, 7) is 1.69. The number of hydrogen-bond acceptors (Lipinski definition) is 3. The van der Waals surface area contributed by atoms with Crippen molar-refractivity contribution in [3.63, 3.8) is 0 Å². The van der Waals surface area contributed by atoms with Crippen molar-refractivity contribution in [1.29, 1.82) is 0 Å². The molecule has 1 aromatic carbocycles. The quantitative estimate of drug-likeness (QED) is 0.846. The van der Waals surface area contributed by atoms with E-state index in [0.29, 0.717) is 0 Å². The van der Waals surface area contributed by atoms with Crippen molar-refractivity contribution >= 4 is 21.6 Å². The molecule has 0 spiro atoms. The molecule has 0 unspecified atom stereocenters. The highest BCUT2D eigenvalue weighted by Gasteiger charge is 2.03. The molecule has 0 aliphatic carbocycles. The maximum atomic E-state index is 4.26. The second-order valence-electron chi connectivity index (χ2n) is 4.91. The maximum absolute atomic E-state index is 4.26. The zero-order valence-corrected chi connectivity index (χ0v) is 13.1. The number of aromatic nitrogens is 2. The van der Waals surface area contributed by atoms with Crippen LogP contribution in [0.2, 0.25) is 0 Å². The average molecular weight is 323 g/mol. The molecule has 0 fully saturated rings. The Hall–Kier alpha value is -1.33. The molecule has 1 aromatic heterocycles. The number of rotatable bonds is 5. The van der Waals surface area contributed by atoms with E-state index in [-0.39, 0.29) is 0 Å². The van der Waals surface area contributed by atoms with E-state index >= 15 is 0 Å². The smallest absolute Gasteiger partial charge is 0.0929 e. The number of benzene rings is 1. The van der Waals surface area contributed by atoms with Gasteiger partial charge in [-0.3, -0.25) is 9.58 Å². The van der Waals surface area contributed by atoms with Crippen LogP contribution in [-0.4, -0.2) is 35.8 Å². The van der Waals surface area contributed by atoms with Gasteiger partial charge in [-0.15, -0.1) is 0 Å². The Morgan fingerprint density at radius 3 is 2.37 bits per heavy atom. The molecule has 0 saturated carbocycles. The Morgan fingerprint density at radius 2 is 1.84 bits per heavy atom. The minimum Gasteiger partial charge on any atom is -0.378 e. The third kappa shape index (κ3) is 4.08. The molecule has 0 radical (unpaired) electrons. The Bertz CT molecular complexity index is 518. The fourth-order valence-corrected chi connectivity index (χ4v) is 2.25. The second-order valence-corrected chi connectivity index (χ2v) is 5.83. The van der Waals surface area contributed by atoms with E-state index in [1.165, 1.54) is 11.3 Å². The van der Waals surface area contributed by atoms with Crippen LogP contribution in [0.4, 0.5) is 5.69 Å². The molecule has 0 amide bonds. The lowest BCUT2D eigenvalue weighted by Crippen LogP contribution is -2.21. The molecule has 5 heteroatoms. The summed E-state index contributed by atoms with van der Waals surface area (Å²) in [6.07, 6.45) is 3.78. The predicted molar refractivity (Wildman–Crippen MR) is 82.2 cm³/mol. The van der Waals surface area contributed by atoms with Gasteiger partial charge in [0, 0.05) is 32.5 Å². The summed E-state index contributed by atoms with van der Waals surface area (Å²) >= 11 is 3.40. The SMILES string of the molecule is CN(Cc1ccc(N(C)C)cc1)Cn1cc(Br)cn1. The predicted octanol–water partition coefficient (Wildman–Crippen LogP) is 2.80. The largest absolute Gasteiger partial charge is 0.378 e. The molecule has 0 saturated heterocycles. The van der Waals surface area contributed by atoms with Crippen LogP contribution in [0.15, 0.2) is 41.1 Å². The molecular weight excluding hydrogens is 304 g/mol. The van der Waals surface area contributed by atoms with Crippen LogP contribution in [0.1, 0.15) is 5.56 Å². The van der Waals surface area contributed by atoms with E-state index < -0.39 is 0 Å². The lowest BCUT2D eigenvalue weighted by Gasteiger charge is -2.18. The number of anilines is 1. The van der Waals surface area contributed by atoms with Crippen LogP contribution in [0, 0.1) is 0 Å². The second kappa shape index (κ2) is 6.21. The summed E-state index contributed by atoms with van der Waals surface area (Å²) in [6, 6.07) is 8.64. The highest BCUT2D eigenvalue weighted by atomic mass is 79.9. The first kappa shape index (κ1) is 14.1.